The van der Waals surface area contributed by atoms with Gasteiger partial charge in [0.05, 0.1) is 23.6 Å². The fourth-order valence-electron chi connectivity index (χ4n) is 2.16. The summed E-state index contributed by atoms with van der Waals surface area (Å²) < 4.78 is 36.9. The molecule has 1 aliphatic rings. The highest BCUT2D eigenvalue weighted by molar-refractivity contribution is 5.49. The van der Waals surface area contributed by atoms with Crippen molar-refractivity contribution in [1.82, 2.24) is 5.01 Å². The average Bonchev–Trinajstić information content (AvgIpc) is 2.63. The second kappa shape index (κ2) is 5.03. The van der Waals surface area contributed by atoms with Gasteiger partial charge in [-0.15, -0.1) is 0 Å². The fourth-order valence-corrected chi connectivity index (χ4v) is 2.16. The Labute approximate surface area is 110 Å². The Morgan fingerprint density at radius 3 is 2.42 bits per heavy atom. The van der Waals surface area contributed by atoms with Gasteiger partial charge < -0.3 is 5.73 Å². The number of hydrogen-bond donors (Lipinski definition) is 1. The lowest BCUT2D eigenvalue weighted by atomic mass is 10.2. The Hall–Kier alpha value is -1.85. The molecule has 0 aliphatic carbocycles. The minimum absolute atomic E-state index is 0.0881. The molecule has 0 unspecified atom stereocenters. The number of allylic oxidation sites excluding steroid dienone is 1. The number of alkyl halides is 3. The number of anilines is 1. The third kappa shape index (κ3) is 3.13. The van der Waals surface area contributed by atoms with Gasteiger partial charge in [-0.1, -0.05) is 18.2 Å². The van der Waals surface area contributed by atoms with Crippen molar-refractivity contribution in [1.29, 1.82) is 0 Å². The minimum Gasteiger partial charge on any atom is -0.399 e. The fraction of sp³-hybridized carbons (Fsp3) is 0.385. The minimum atomic E-state index is -4.16. The zero-order valence-electron chi connectivity index (χ0n) is 10.6. The molecular weight excluding hydrogens is 255 g/mol. The molecule has 6 heteroatoms. The van der Waals surface area contributed by atoms with Crippen molar-refractivity contribution in [2.75, 3.05) is 18.6 Å². The van der Waals surface area contributed by atoms with Crippen molar-refractivity contribution in [3.05, 3.63) is 41.7 Å². The molecule has 0 fully saturated rings. The lowest BCUT2D eigenvalue weighted by Gasteiger charge is -2.30. The van der Waals surface area contributed by atoms with Crippen LogP contribution in [0.4, 0.5) is 18.9 Å². The first kappa shape index (κ1) is 13.6. The number of hydrazine groups is 1. The lowest BCUT2D eigenvalue weighted by molar-refractivity contribution is -0.134. The molecule has 0 saturated carbocycles. The van der Waals surface area contributed by atoms with Crippen LogP contribution in [0.1, 0.15) is 12.8 Å². The normalized spacial score (nSPS) is 16.4. The first-order chi connectivity index (χ1) is 8.88. The molecule has 3 nitrogen and oxygen atoms in total. The zero-order chi connectivity index (χ0) is 14.0. The van der Waals surface area contributed by atoms with E-state index in [1.165, 1.54) is 0 Å². The molecule has 2 N–H and O–H groups in total. The van der Waals surface area contributed by atoms with Crippen molar-refractivity contribution in [3.63, 3.8) is 0 Å². The van der Waals surface area contributed by atoms with Gasteiger partial charge >= 0.3 is 6.18 Å². The highest BCUT2D eigenvalue weighted by atomic mass is 19.4. The Kier molecular flexibility index (Phi) is 3.59. The first-order valence-electron chi connectivity index (χ1n) is 5.99. The van der Waals surface area contributed by atoms with E-state index >= 15 is 0 Å². The van der Waals surface area contributed by atoms with Crippen LogP contribution in [-0.4, -0.2) is 24.8 Å². The number of nitrogens with two attached hydrogens (primary N) is 1. The highest BCUT2D eigenvalue weighted by Crippen LogP contribution is 2.31. The second-order valence-corrected chi connectivity index (χ2v) is 4.50. The van der Waals surface area contributed by atoms with Gasteiger partial charge in [-0.05, 0) is 18.6 Å². The standard InChI is InChI=1S/C13H16F3N3/c1-18-12(7-8-13(14,15)16)11(17)9-19(18)10-5-3-2-4-6-10/h2-6H,7-9,17H2,1H3. The topological polar surface area (TPSA) is 32.5 Å². The van der Waals surface area contributed by atoms with Crippen LogP contribution in [0.5, 0.6) is 0 Å². The Morgan fingerprint density at radius 1 is 1.21 bits per heavy atom. The number of halogens is 3. The van der Waals surface area contributed by atoms with Crippen molar-refractivity contribution in [3.8, 4) is 0 Å². The van der Waals surface area contributed by atoms with Gasteiger partial charge in [0.2, 0.25) is 0 Å². The highest BCUT2D eigenvalue weighted by Gasteiger charge is 2.31. The summed E-state index contributed by atoms with van der Waals surface area (Å²) in [7, 11) is 1.73. The van der Waals surface area contributed by atoms with E-state index in [2.05, 4.69) is 0 Å². The molecule has 104 valence electrons. The van der Waals surface area contributed by atoms with Crippen molar-refractivity contribution >= 4 is 5.69 Å². The van der Waals surface area contributed by atoms with Gasteiger partial charge in [0.15, 0.2) is 0 Å². The third-order valence-corrected chi connectivity index (χ3v) is 3.14. The van der Waals surface area contributed by atoms with Gasteiger partial charge in [0.1, 0.15) is 0 Å². The van der Waals surface area contributed by atoms with Crippen LogP contribution in [-0.2, 0) is 0 Å². The molecule has 0 saturated heterocycles. The van der Waals surface area contributed by atoms with Gasteiger partial charge in [0.25, 0.3) is 0 Å². The van der Waals surface area contributed by atoms with Crippen LogP contribution in [0.15, 0.2) is 41.7 Å². The van der Waals surface area contributed by atoms with Crippen molar-refractivity contribution in [2.24, 2.45) is 5.73 Å². The summed E-state index contributed by atoms with van der Waals surface area (Å²) in [5.74, 6) is 0. The van der Waals surface area contributed by atoms with E-state index in [-0.39, 0.29) is 6.42 Å². The van der Waals surface area contributed by atoms with Crippen LogP contribution in [0.25, 0.3) is 0 Å². The summed E-state index contributed by atoms with van der Waals surface area (Å²) in [6.45, 7) is 0.424. The molecule has 0 atom stereocenters. The Balaban J connectivity index is 2.09. The Morgan fingerprint density at radius 2 is 1.84 bits per heavy atom. The molecule has 2 rings (SSSR count). The molecule has 1 heterocycles. The van der Waals surface area contributed by atoms with Crippen LogP contribution in [0.3, 0.4) is 0 Å². The second-order valence-electron chi connectivity index (χ2n) is 4.50. The molecule has 0 bridgehead atoms. The smallest absolute Gasteiger partial charge is 0.389 e. The monoisotopic (exact) mass is 271 g/mol. The summed E-state index contributed by atoms with van der Waals surface area (Å²) in [5.41, 5.74) is 7.81. The predicted molar refractivity (Wildman–Crippen MR) is 68.1 cm³/mol. The van der Waals surface area contributed by atoms with E-state index in [4.69, 9.17) is 5.73 Å². The molecule has 0 spiro atoms. The number of nitrogens with zero attached hydrogens (tertiary/aromatic N) is 2. The summed E-state index contributed by atoms with van der Waals surface area (Å²) in [5, 5.41) is 3.57. The molecular formula is C13H16F3N3. The maximum atomic E-state index is 12.3. The largest absolute Gasteiger partial charge is 0.399 e. The number of rotatable bonds is 3. The quantitative estimate of drug-likeness (QED) is 0.917. The van der Waals surface area contributed by atoms with E-state index in [1.54, 1.807) is 12.1 Å². The molecule has 1 aromatic rings. The average molecular weight is 271 g/mol. The van der Waals surface area contributed by atoms with E-state index in [9.17, 15) is 13.2 Å². The zero-order valence-corrected chi connectivity index (χ0v) is 10.6. The van der Waals surface area contributed by atoms with Crippen LogP contribution >= 0.6 is 0 Å². The van der Waals surface area contributed by atoms with E-state index < -0.39 is 12.6 Å². The molecule has 19 heavy (non-hydrogen) atoms. The molecule has 1 aromatic carbocycles. The van der Waals surface area contributed by atoms with Crippen molar-refractivity contribution < 1.29 is 13.2 Å². The van der Waals surface area contributed by atoms with Gasteiger partial charge in [-0.2, -0.15) is 13.2 Å². The Bertz CT molecular complexity index is 468. The number of para-hydroxylation sites is 1. The van der Waals surface area contributed by atoms with Crippen LogP contribution < -0.4 is 10.7 Å². The van der Waals surface area contributed by atoms with Crippen LogP contribution in [0, 0.1) is 0 Å². The SMILES string of the molecule is CN1C(CCC(F)(F)F)=C(N)CN1c1ccccc1. The maximum absolute atomic E-state index is 12.3. The van der Waals surface area contributed by atoms with E-state index in [0.29, 0.717) is 17.9 Å². The lowest BCUT2D eigenvalue weighted by Crippen LogP contribution is -2.34. The summed E-state index contributed by atoms with van der Waals surface area (Å²) in [4.78, 5) is 0. The van der Waals surface area contributed by atoms with E-state index in [0.717, 1.165) is 5.69 Å². The summed E-state index contributed by atoms with van der Waals surface area (Å²) >= 11 is 0. The summed E-state index contributed by atoms with van der Waals surface area (Å²) in [6, 6.07) is 9.45. The molecule has 1 aliphatic heterocycles. The number of benzene rings is 1. The van der Waals surface area contributed by atoms with Crippen LogP contribution in [0.2, 0.25) is 0 Å². The number of hydrogen-bond acceptors (Lipinski definition) is 3. The summed E-state index contributed by atoms with van der Waals surface area (Å²) in [6.07, 6.45) is -5.10. The third-order valence-electron chi connectivity index (χ3n) is 3.14. The van der Waals surface area contributed by atoms with Gasteiger partial charge in [-0.3, -0.25) is 10.0 Å². The van der Waals surface area contributed by atoms with Gasteiger partial charge in [-0.25, -0.2) is 0 Å². The van der Waals surface area contributed by atoms with E-state index in [1.807, 2.05) is 35.3 Å². The maximum Gasteiger partial charge on any atom is 0.389 e. The van der Waals surface area contributed by atoms with Gasteiger partial charge in [0, 0.05) is 13.5 Å². The molecule has 0 radical (unpaired) electrons. The first-order valence-corrected chi connectivity index (χ1v) is 5.99. The molecule has 0 amide bonds. The predicted octanol–water partition coefficient (Wildman–Crippen LogP) is 2.87. The van der Waals surface area contributed by atoms with Crippen molar-refractivity contribution in [2.45, 2.75) is 19.0 Å². The molecule has 0 aromatic heterocycles.